The molecule has 0 bridgehead atoms. The Hall–Kier alpha value is -0.420. The molecule has 0 aromatic heterocycles. The van der Waals surface area contributed by atoms with Crippen LogP contribution in [0.1, 0.15) is 0 Å². The third-order valence-electron chi connectivity index (χ3n) is 0.942. The second kappa shape index (κ2) is 5.37. The van der Waals surface area contributed by atoms with E-state index in [9.17, 15) is 4.79 Å². The molecular weight excluding hydrogens is 152 g/mol. The first-order chi connectivity index (χ1) is 4.68. The zero-order chi connectivity index (χ0) is 7.98. The molecule has 0 aromatic carbocycles. The molecule has 0 aromatic rings. The Labute approximate surface area is 64.6 Å². The number of nitrogens with one attached hydrogen (secondary N) is 1. The van der Waals surface area contributed by atoms with Gasteiger partial charge in [0.2, 0.25) is 0 Å². The number of carboxylic acid groups (broad SMARTS) is 1. The van der Waals surface area contributed by atoms with Gasteiger partial charge in [0, 0.05) is 19.3 Å². The maximum absolute atomic E-state index is 10.2. The smallest absolute Gasteiger partial charge is 0.421 e. The van der Waals surface area contributed by atoms with Crippen LogP contribution >= 0.6 is 11.8 Å². The third-order valence-corrected chi connectivity index (χ3v) is 1.55. The van der Waals surface area contributed by atoms with Gasteiger partial charge in [0.15, 0.2) is 0 Å². The van der Waals surface area contributed by atoms with Gasteiger partial charge in [-0.05, 0) is 6.26 Å². The lowest BCUT2D eigenvalue weighted by molar-refractivity contribution is 0.136. The number of amides is 1. The van der Waals surface area contributed by atoms with Crippen LogP contribution in [0.2, 0.25) is 0 Å². The molecule has 0 radical (unpaired) electrons. The molecule has 4 nitrogen and oxygen atoms in total. The van der Waals surface area contributed by atoms with Gasteiger partial charge in [-0.2, -0.15) is 11.8 Å². The fraction of sp³-hybridized carbons (Fsp3) is 0.800. The fourth-order valence-corrected chi connectivity index (χ4v) is 0.678. The highest BCUT2D eigenvalue weighted by Gasteiger charge is 2.01. The lowest BCUT2D eigenvalue weighted by atomic mass is 10.8. The normalized spacial score (nSPS) is 9.40. The number of carbonyl (C=O) groups is 1. The second-order valence-corrected chi connectivity index (χ2v) is 2.73. The highest BCUT2D eigenvalue weighted by Crippen LogP contribution is 1.87. The van der Waals surface area contributed by atoms with Gasteiger partial charge < -0.3 is 5.11 Å². The van der Waals surface area contributed by atoms with Crippen molar-refractivity contribution in [1.29, 1.82) is 0 Å². The third kappa shape index (κ3) is 4.46. The highest BCUT2D eigenvalue weighted by molar-refractivity contribution is 7.98. The summed E-state index contributed by atoms with van der Waals surface area (Å²) in [5.74, 6) is 0.914. The van der Waals surface area contributed by atoms with E-state index in [-0.39, 0.29) is 0 Å². The summed E-state index contributed by atoms with van der Waals surface area (Å²) in [6.45, 7) is 0.684. The van der Waals surface area contributed by atoms with Gasteiger partial charge in [0.25, 0.3) is 0 Å². The van der Waals surface area contributed by atoms with E-state index in [1.807, 2.05) is 6.26 Å². The molecule has 0 spiro atoms. The molecule has 0 aliphatic heterocycles. The van der Waals surface area contributed by atoms with Crippen molar-refractivity contribution in [1.82, 2.24) is 10.4 Å². The summed E-state index contributed by atoms with van der Waals surface area (Å²) >= 11 is 1.67. The Morgan fingerprint density at radius 2 is 2.40 bits per heavy atom. The first kappa shape index (κ1) is 9.58. The summed E-state index contributed by atoms with van der Waals surface area (Å²) in [6.07, 6.45) is 1.02. The molecule has 0 aliphatic carbocycles. The number of nitrogens with zero attached hydrogens (tertiary/aromatic N) is 1. The van der Waals surface area contributed by atoms with Crippen molar-refractivity contribution in [2.75, 3.05) is 25.6 Å². The molecule has 0 atom stereocenters. The monoisotopic (exact) mass is 164 g/mol. The topological polar surface area (TPSA) is 52.6 Å². The average molecular weight is 164 g/mol. The lowest BCUT2D eigenvalue weighted by Crippen LogP contribution is -2.39. The summed E-state index contributed by atoms with van der Waals surface area (Å²) < 4.78 is 0. The minimum atomic E-state index is -0.957. The van der Waals surface area contributed by atoms with Crippen LogP contribution in [0.25, 0.3) is 0 Å². The summed E-state index contributed by atoms with van der Waals surface area (Å²) in [5, 5.41) is 9.39. The lowest BCUT2D eigenvalue weighted by Gasteiger charge is -2.13. The Morgan fingerprint density at radius 1 is 1.80 bits per heavy atom. The second-order valence-electron chi connectivity index (χ2n) is 1.74. The molecule has 0 saturated carbocycles. The predicted octanol–water partition coefficient (Wildman–Crippen LogP) is 0.464. The number of hydrogen-bond donors (Lipinski definition) is 2. The van der Waals surface area contributed by atoms with Crippen molar-refractivity contribution in [2.45, 2.75) is 0 Å². The van der Waals surface area contributed by atoms with E-state index >= 15 is 0 Å². The maximum Gasteiger partial charge on any atom is 0.421 e. The van der Waals surface area contributed by atoms with Gasteiger partial charge in [-0.3, -0.25) is 0 Å². The van der Waals surface area contributed by atoms with Gasteiger partial charge >= 0.3 is 6.09 Å². The molecule has 2 N–H and O–H groups in total. The molecular formula is C5H12N2O2S. The largest absolute Gasteiger partial charge is 0.464 e. The number of hydrazine groups is 1. The van der Waals surface area contributed by atoms with Gasteiger partial charge in [0.1, 0.15) is 0 Å². The summed E-state index contributed by atoms with van der Waals surface area (Å²) in [4.78, 5) is 10.2. The van der Waals surface area contributed by atoms with Gasteiger partial charge in [-0.1, -0.05) is 0 Å². The predicted molar refractivity (Wildman–Crippen MR) is 42.2 cm³/mol. The zero-order valence-electron chi connectivity index (χ0n) is 6.13. The molecule has 5 heteroatoms. The standard InChI is InChI=1S/C5H12N2O2S/c1-7(5(8)9)6-3-4-10-2/h6H,3-4H2,1-2H3,(H,8,9). The van der Waals surface area contributed by atoms with Crippen molar-refractivity contribution in [3.8, 4) is 0 Å². The summed E-state index contributed by atoms with van der Waals surface area (Å²) in [6, 6.07) is 0. The van der Waals surface area contributed by atoms with Crippen molar-refractivity contribution in [3.63, 3.8) is 0 Å². The van der Waals surface area contributed by atoms with Crippen LogP contribution < -0.4 is 5.43 Å². The molecule has 10 heavy (non-hydrogen) atoms. The maximum atomic E-state index is 10.2. The first-order valence-corrected chi connectivity index (χ1v) is 4.27. The van der Waals surface area contributed by atoms with Crippen LogP contribution in [0.5, 0.6) is 0 Å². The van der Waals surface area contributed by atoms with Crippen LogP contribution in [0.4, 0.5) is 4.79 Å². The highest BCUT2D eigenvalue weighted by atomic mass is 32.2. The van der Waals surface area contributed by atoms with E-state index in [2.05, 4.69) is 5.43 Å². The molecule has 0 rings (SSSR count). The van der Waals surface area contributed by atoms with Gasteiger partial charge in [-0.25, -0.2) is 15.2 Å². The zero-order valence-corrected chi connectivity index (χ0v) is 6.94. The van der Waals surface area contributed by atoms with Crippen molar-refractivity contribution >= 4 is 17.9 Å². The van der Waals surface area contributed by atoms with E-state index in [1.165, 1.54) is 7.05 Å². The van der Waals surface area contributed by atoms with Gasteiger partial charge in [-0.15, -0.1) is 0 Å². The van der Waals surface area contributed by atoms with E-state index in [0.717, 1.165) is 10.8 Å². The number of hydrogen-bond acceptors (Lipinski definition) is 3. The van der Waals surface area contributed by atoms with Crippen LogP contribution in [0.15, 0.2) is 0 Å². The van der Waals surface area contributed by atoms with E-state index < -0.39 is 6.09 Å². The average Bonchev–Trinajstić information content (AvgIpc) is 1.88. The minimum absolute atomic E-state index is 0.684. The minimum Gasteiger partial charge on any atom is -0.464 e. The molecule has 0 saturated heterocycles. The number of thioether (sulfide) groups is 1. The van der Waals surface area contributed by atoms with Crippen LogP contribution in [0, 0.1) is 0 Å². The van der Waals surface area contributed by atoms with Gasteiger partial charge in [0.05, 0.1) is 0 Å². The van der Waals surface area contributed by atoms with Crippen molar-refractivity contribution in [2.24, 2.45) is 0 Å². The Balaban J connectivity index is 3.21. The quantitative estimate of drug-likeness (QED) is 0.468. The summed E-state index contributed by atoms with van der Waals surface area (Å²) in [7, 11) is 1.47. The van der Waals surface area contributed by atoms with E-state index in [4.69, 9.17) is 5.11 Å². The molecule has 1 amide bonds. The van der Waals surface area contributed by atoms with Crippen LogP contribution in [-0.2, 0) is 0 Å². The van der Waals surface area contributed by atoms with Crippen LogP contribution in [-0.4, -0.2) is 41.8 Å². The van der Waals surface area contributed by atoms with Crippen LogP contribution in [0.3, 0.4) is 0 Å². The molecule has 0 unspecified atom stereocenters. The fourth-order valence-electron chi connectivity index (χ4n) is 0.383. The molecule has 60 valence electrons. The van der Waals surface area contributed by atoms with Crippen molar-refractivity contribution in [3.05, 3.63) is 0 Å². The summed E-state index contributed by atoms with van der Waals surface area (Å²) in [5.41, 5.74) is 2.70. The molecule has 0 heterocycles. The SMILES string of the molecule is CSCCNN(C)C(=O)O. The molecule has 0 aliphatic rings. The Kier molecular flexibility index (Phi) is 5.15. The van der Waals surface area contributed by atoms with Crippen molar-refractivity contribution < 1.29 is 9.90 Å². The Morgan fingerprint density at radius 3 is 2.80 bits per heavy atom. The molecule has 0 fully saturated rings. The first-order valence-electron chi connectivity index (χ1n) is 2.87. The number of rotatable bonds is 4. The van der Waals surface area contributed by atoms with E-state index in [1.54, 1.807) is 11.8 Å². The van der Waals surface area contributed by atoms with E-state index in [0.29, 0.717) is 6.54 Å². The Bertz CT molecular complexity index is 110.